The minimum absolute atomic E-state index is 0.358. The summed E-state index contributed by atoms with van der Waals surface area (Å²) in [5.41, 5.74) is 0.645. The molecule has 0 atom stereocenters. The Labute approximate surface area is 149 Å². The van der Waals surface area contributed by atoms with E-state index in [1.807, 2.05) is 12.1 Å². The lowest BCUT2D eigenvalue weighted by Crippen LogP contribution is -2.24. The second-order valence-corrected chi connectivity index (χ2v) is 6.04. The van der Waals surface area contributed by atoms with Gasteiger partial charge in [0.25, 0.3) is 5.91 Å². The van der Waals surface area contributed by atoms with Gasteiger partial charge >= 0.3 is 6.18 Å². The van der Waals surface area contributed by atoms with Crippen molar-refractivity contribution >= 4 is 17.3 Å². The van der Waals surface area contributed by atoms with Gasteiger partial charge in [0.1, 0.15) is 5.75 Å². The zero-order valence-corrected chi connectivity index (χ0v) is 14.1. The predicted octanol–water partition coefficient (Wildman–Crippen LogP) is 4.32. The van der Waals surface area contributed by atoms with E-state index in [0.717, 1.165) is 37.7 Å². The molecule has 1 heterocycles. The zero-order valence-electron chi connectivity index (χ0n) is 14.1. The van der Waals surface area contributed by atoms with E-state index in [9.17, 15) is 18.0 Å². The molecule has 138 valence electrons. The van der Waals surface area contributed by atoms with Gasteiger partial charge in [-0.15, -0.1) is 0 Å². The summed E-state index contributed by atoms with van der Waals surface area (Å²) in [5, 5.41) is 2.73. The largest absolute Gasteiger partial charge is 0.483 e. The number of alkyl halides is 3. The molecule has 2 aromatic carbocycles. The van der Waals surface area contributed by atoms with Crippen molar-refractivity contribution in [2.45, 2.75) is 19.0 Å². The normalized spacial score (nSPS) is 14.3. The maximum absolute atomic E-state index is 13.0. The Morgan fingerprint density at radius 2 is 1.69 bits per heavy atom. The number of rotatable bonds is 5. The average Bonchev–Trinajstić information content (AvgIpc) is 3.14. The topological polar surface area (TPSA) is 41.6 Å². The number of hydrogen-bond donors (Lipinski definition) is 1. The highest BCUT2D eigenvalue weighted by Crippen LogP contribution is 2.36. The Hall–Kier alpha value is -2.70. The van der Waals surface area contributed by atoms with Gasteiger partial charge in [-0.3, -0.25) is 4.79 Å². The number of hydrogen-bond acceptors (Lipinski definition) is 3. The molecular formula is C19H19F3N2O2. The number of nitrogens with one attached hydrogen (secondary N) is 1. The van der Waals surface area contributed by atoms with Crippen LogP contribution in [0.1, 0.15) is 18.4 Å². The molecule has 1 N–H and O–H groups in total. The zero-order chi connectivity index (χ0) is 18.6. The van der Waals surface area contributed by atoms with Crippen LogP contribution in [0.4, 0.5) is 24.5 Å². The number of nitrogens with zero attached hydrogens (tertiary/aromatic N) is 1. The highest BCUT2D eigenvalue weighted by atomic mass is 19.4. The van der Waals surface area contributed by atoms with Crippen LogP contribution in [0, 0.1) is 0 Å². The van der Waals surface area contributed by atoms with E-state index in [-0.39, 0.29) is 5.75 Å². The number of ether oxygens (including phenoxy) is 1. The van der Waals surface area contributed by atoms with Gasteiger partial charge in [0, 0.05) is 13.1 Å². The smallest absolute Gasteiger partial charge is 0.419 e. The van der Waals surface area contributed by atoms with Crippen molar-refractivity contribution in [2.24, 2.45) is 0 Å². The van der Waals surface area contributed by atoms with E-state index in [1.165, 1.54) is 18.2 Å². The molecule has 2 aromatic rings. The fraction of sp³-hybridized carbons (Fsp3) is 0.316. The third kappa shape index (κ3) is 4.28. The summed E-state index contributed by atoms with van der Waals surface area (Å²) in [7, 11) is 0. The van der Waals surface area contributed by atoms with Crippen LogP contribution in [0.25, 0.3) is 0 Å². The Balaban J connectivity index is 1.66. The molecule has 3 rings (SSSR count). The molecule has 1 fully saturated rings. The summed E-state index contributed by atoms with van der Waals surface area (Å²) in [5.74, 6) is -0.864. The quantitative estimate of drug-likeness (QED) is 0.859. The first-order valence-corrected chi connectivity index (χ1v) is 8.38. The van der Waals surface area contributed by atoms with E-state index >= 15 is 0 Å². The number of amides is 1. The highest BCUT2D eigenvalue weighted by molar-refractivity contribution is 5.95. The van der Waals surface area contributed by atoms with Crippen molar-refractivity contribution < 1.29 is 22.7 Å². The summed E-state index contributed by atoms with van der Waals surface area (Å²) in [6.07, 6.45) is -2.34. The standard InChI is InChI=1S/C19H19F3N2O2/c20-19(21,22)14-7-1-4-10-17(14)26-13-18(25)23-15-8-2-3-9-16(15)24-11-5-6-12-24/h1-4,7-10H,5-6,11-13H2,(H,23,25). The fourth-order valence-corrected chi connectivity index (χ4v) is 2.97. The second-order valence-electron chi connectivity index (χ2n) is 6.04. The molecule has 0 spiro atoms. The van der Waals surface area contributed by atoms with Gasteiger partial charge in [0.2, 0.25) is 0 Å². The fourth-order valence-electron chi connectivity index (χ4n) is 2.97. The first-order valence-electron chi connectivity index (χ1n) is 8.38. The van der Waals surface area contributed by atoms with Gasteiger partial charge in [-0.05, 0) is 37.1 Å². The number of benzene rings is 2. The molecule has 1 aliphatic heterocycles. The Bertz CT molecular complexity index is 771. The van der Waals surface area contributed by atoms with Crippen LogP contribution in [-0.4, -0.2) is 25.6 Å². The summed E-state index contributed by atoms with van der Waals surface area (Å²) in [6.45, 7) is 1.34. The highest BCUT2D eigenvalue weighted by Gasteiger charge is 2.34. The summed E-state index contributed by atoms with van der Waals surface area (Å²) >= 11 is 0. The number of para-hydroxylation sites is 3. The molecule has 0 aromatic heterocycles. The maximum atomic E-state index is 13.0. The van der Waals surface area contributed by atoms with Crippen molar-refractivity contribution in [1.29, 1.82) is 0 Å². The van der Waals surface area contributed by atoms with Gasteiger partial charge in [-0.1, -0.05) is 24.3 Å². The van der Waals surface area contributed by atoms with Gasteiger partial charge in [0.05, 0.1) is 16.9 Å². The summed E-state index contributed by atoms with van der Waals surface area (Å²) in [4.78, 5) is 14.4. The van der Waals surface area contributed by atoms with Crippen molar-refractivity contribution in [3.05, 3.63) is 54.1 Å². The summed E-state index contributed by atoms with van der Waals surface area (Å²) in [6, 6.07) is 12.2. The molecule has 0 unspecified atom stereocenters. The van der Waals surface area contributed by atoms with Crippen molar-refractivity contribution in [3.63, 3.8) is 0 Å². The lowest BCUT2D eigenvalue weighted by atomic mass is 10.2. The van der Waals surface area contributed by atoms with E-state index in [4.69, 9.17) is 4.74 Å². The van der Waals surface area contributed by atoms with Crippen LogP contribution < -0.4 is 15.0 Å². The van der Waals surface area contributed by atoms with E-state index in [2.05, 4.69) is 10.2 Å². The van der Waals surface area contributed by atoms with Gasteiger partial charge < -0.3 is 15.0 Å². The molecular weight excluding hydrogens is 345 g/mol. The molecule has 0 bridgehead atoms. The van der Waals surface area contributed by atoms with Gasteiger partial charge in [-0.2, -0.15) is 13.2 Å². The minimum atomic E-state index is -4.53. The lowest BCUT2D eigenvalue weighted by molar-refractivity contribution is -0.139. The molecule has 0 aliphatic carbocycles. The van der Waals surface area contributed by atoms with Crippen LogP contribution >= 0.6 is 0 Å². The van der Waals surface area contributed by atoms with Crippen molar-refractivity contribution in [3.8, 4) is 5.75 Å². The Kier molecular flexibility index (Phi) is 5.35. The monoisotopic (exact) mass is 364 g/mol. The van der Waals surface area contributed by atoms with Crippen LogP contribution in [0.2, 0.25) is 0 Å². The number of anilines is 2. The van der Waals surface area contributed by atoms with Gasteiger partial charge in [-0.25, -0.2) is 0 Å². The molecule has 1 amide bonds. The van der Waals surface area contributed by atoms with Gasteiger partial charge in [0.15, 0.2) is 6.61 Å². The first-order chi connectivity index (χ1) is 12.4. The van der Waals surface area contributed by atoms with Crippen LogP contribution in [-0.2, 0) is 11.0 Å². The Morgan fingerprint density at radius 3 is 2.42 bits per heavy atom. The van der Waals surface area contributed by atoms with Crippen LogP contribution in [0.3, 0.4) is 0 Å². The molecule has 1 aliphatic rings. The van der Waals surface area contributed by atoms with Crippen molar-refractivity contribution in [2.75, 3.05) is 29.9 Å². The average molecular weight is 364 g/mol. The third-order valence-corrected chi connectivity index (χ3v) is 4.18. The summed E-state index contributed by atoms with van der Waals surface area (Å²) < 4.78 is 44.0. The number of carbonyl (C=O) groups excluding carboxylic acids is 1. The van der Waals surface area contributed by atoms with E-state index in [0.29, 0.717) is 5.69 Å². The molecule has 26 heavy (non-hydrogen) atoms. The lowest BCUT2D eigenvalue weighted by Gasteiger charge is -2.21. The number of halogens is 3. The molecule has 4 nitrogen and oxygen atoms in total. The van der Waals surface area contributed by atoms with E-state index < -0.39 is 24.3 Å². The SMILES string of the molecule is O=C(COc1ccccc1C(F)(F)F)Nc1ccccc1N1CCCC1. The third-order valence-electron chi connectivity index (χ3n) is 4.18. The minimum Gasteiger partial charge on any atom is -0.483 e. The van der Waals surface area contributed by atoms with Crippen molar-refractivity contribution in [1.82, 2.24) is 0 Å². The molecule has 0 radical (unpaired) electrons. The molecule has 7 heteroatoms. The Morgan fingerprint density at radius 1 is 1.04 bits per heavy atom. The molecule has 1 saturated heterocycles. The van der Waals surface area contributed by atoms with E-state index in [1.54, 1.807) is 12.1 Å². The predicted molar refractivity (Wildman–Crippen MR) is 93.5 cm³/mol. The second kappa shape index (κ2) is 7.68. The maximum Gasteiger partial charge on any atom is 0.419 e. The van der Waals surface area contributed by atoms with Crippen LogP contribution in [0.15, 0.2) is 48.5 Å². The van der Waals surface area contributed by atoms with Crippen LogP contribution in [0.5, 0.6) is 5.75 Å². The first kappa shape index (κ1) is 18.1. The number of carbonyl (C=O) groups is 1. The molecule has 0 saturated carbocycles.